The van der Waals surface area contributed by atoms with Crippen LogP contribution < -0.4 is 16.7 Å². The third-order valence-corrected chi connectivity index (χ3v) is 7.65. The Balaban J connectivity index is 1.25. The van der Waals surface area contributed by atoms with Gasteiger partial charge in [0.05, 0.1) is 36.4 Å². The van der Waals surface area contributed by atoms with Crippen LogP contribution in [0.25, 0.3) is 11.0 Å². The van der Waals surface area contributed by atoms with E-state index in [4.69, 9.17) is 15.2 Å². The first-order valence-electron chi connectivity index (χ1n) is 12.1. The molecule has 0 spiro atoms. The van der Waals surface area contributed by atoms with Gasteiger partial charge in [0.25, 0.3) is 0 Å². The van der Waals surface area contributed by atoms with E-state index in [1.807, 2.05) is 18.2 Å². The fourth-order valence-electron chi connectivity index (χ4n) is 5.63. The van der Waals surface area contributed by atoms with Crippen LogP contribution in [-0.4, -0.2) is 77.4 Å². The van der Waals surface area contributed by atoms with Crippen molar-refractivity contribution in [2.45, 2.75) is 50.0 Å². The largest absolute Gasteiger partial charge is 0.373 e. The number of imide groups is 1. The molecule has 184 valence electrons. The molecule has 5 unspecified atom stereocenters. The van der Waals surface area contributed by atoms with Gasteiger partial charge in [-0.2, -0.15) is 0 Å². The highest BCUT2D eigenvalue weighted by molar-refractivity contribution is 6.00. The number of benzene rings is 1. The average molecular weight is 472 g/mol. The summed E-state index contributed by atoms with van der Waals surface area (Å²) < 4.78 is 15.1. The quantitative estimate of drug-likeness (QED) is 0.542. The van der Waals surface area contributed by atoms with E-state index in [-0.39, 0.29) is 42.2 Å². The maximum atomic E-state index is 12.9. The van der Waals surface area contributed by atoms with Gasteiger partial charge in [0.2, 0.25) is 11.8 Å². The minimum Gasteiger partial charge on any atom is -0.373 e. The molecule has 2 aromatic rings. The van der Waals surface area contributed by atoms with Gasteiger partial charge in [-0.3, -0.25) is 28.9 Å². The van der Waals surface area contributed by atoms with Gasteiger partial charge >= 0.3 is 5.69 Å². The molecule has 34 heavy (non-hydrogen) atoms. The highest BCUT2D eigenvalue weighted by Gasteiger charge is 2.48. The van der Waals surface area contributed by atoms with Crippen LogP contribution in [0.1, 0.15) is 30.9 Å². The van der Waals surface area contributed by atoms with Gasteiger partial charge in [0.15, 0.2) is 0 Å². The highest BCUT2D eigenvalue weighted by Crippen LogP contribution is 2.33. The molecule has 3 fully saturated rings. The van der Waals surface area contributed by atoms with E-state index in [2.05, 4.69) is 17.3 Å². The fourth-order valence-corrected chi connectivity index (χ4v) is 5.63. The van der Waals surface area contributed by atoms with Crippen molar-refractivity contribution in [3.8, 4) is 0 Å². The van der Waals surface area contributed by atoms with Crippen molar-refractivity contribution < 1.29 is 19.1 Å². The molecule has 0 radical (unpaired) electrons. The van der Waals surface area contributed by atoms with Crippen LogP contribution in [0, 0.1) is 5.92 Å². The number of hydrogen-bond acceptors (Lipinski definition) is 7. The summed E-state index contributed by atoms with van der Waals surface area (Å²) in [5, 5.41) is 2.35. The number of fused-ring (bicyclic) bond motifs is 2. The molecule has 3 aliphatic heterocycles. The number of nitrogens with two attached hydrogens (primary N) is 1. The maximum absolute atomic E-state index is 12.9. The summed E-state index contributed by atoms with van der Waals surface area (Å²) in [6, 6.07) is 5.54. The van der Waals surface area contributed by atoms with Gasteiger partial charge in [0, 0.05) is 19.4 Å². The first-order chi connectivity index (χ1) is 16.4. The Morgan fingerprint density at radius 3 is 2.71 bits per heavy atom. The molecule has 3 saturated heterocycles. The van der Waals surface area contributed by atoms with Crippen molar-refractivity contribution in [3.63, 3.8) is 0 Å². The number of amides is 2. The van der Waals surface area contributed by atoms with Crippen LogP contribution in [0.3, 0.4) is 0 Å². The van der Waals surface area contributed by atoms with E-state index in [0.717, 1.165) is 30.5 Å². The molecule has 10 nitrogen and oxygen atoms in total. The zero-order valence-electron chi connectivity index (χ0n) is 19.7. The number of rotatable bonds is 7. The summed E-state index contributed by atoms with van der Waals surface area (Å²) in [6.45, 7) is 2.84. The molecular formula is C24H33N5O5. The smallest absolute Gasteiger partial charge is 0.329 e. The number of aromatic nitrogens is 2. The lowest BCUT2D eigenvalue weighted by Crippen LogP contribution is -2.44. The number of piperidine rings is 1. The number of ether oxygens (including phenoxy) is 2. The summed E-state index contributed by atoms with van der Waals surface area (Å²) in [5.74, 6) is -0.422. The first kappa shape index (κ1) is 23.2. The molecular weight excluding hydrogens is 438 g/mol. The van der Waals surface area contributed by atoms with E-state index in [0.29, 0.717) is 31.7 Å². The van der Waals surface area contributed by atoms with Crippen molar-refractivity contribution in [1.29, 1.82) is 0 Å². The highest BCUT2D eigenvalue weighted by atomic mass is 16.6. The Morgan fingerprint density at radius 1 is 1.15 bits per heavy atom. The lowest BCUT2D eigenvalue weighted by molar-refractivity contribution is -0.135. The number of nitrogens with one attached hydrogen (secondary N) is 1. The summed E-state index contributed by atoms with van der Waals surface area (Å²) in [7, 11) is 3.83. The fraction of sp³-hybridized carbons (Fsp3) is 0.625. The SMILES string of the molecule is CN(CCCc1ccc2c(c1)n(C)c(=O)n2C1CCC(=O)NC1=O)C1COC2C(CN)COC21. The van der Waals surface area contributed by atoms with E-state index in [9.17, 15) is 14.4 Å². The van der Waals surface area contributed by atoms with Crippen LogP contribution in [0.4, 0.5) is 0 Å². The van der Waals surface area contributed by atoms with Crippen LogP contribution >= 0.6 is 0 Å². The van der Waals surface area contributed by atoms with Crippen LogP contribution in [-0.2, 0) is 32.5 Å². The predicted molar refractivity (Wildman–Crippen MR) is 125 cm³/mol. The molecule has 0 bridgehead atoms. The molecule has 10 heteroatoms. The van der Waals surface area contributed by atoms with Gasteiger partial charge < -0.3 is 15.2 Å². The molecule has 3 N–H and O–H groups in total. The molecule has 4 heterocycles. The lowest BCUT2D eigenvalue weighted by atomic mass is 9.99. The summed E-state index contributed by atoms with van der Waals surface area (Å²) >= 11 is 0. The minimum absolute atomic E-state index is 0.0940. The Labute approximate surface area is 198 Å². The standard InChI is InChI=1S/C24H33N5O5/c1-27(19-13-34-21-15(11-25)12-33-22(19)21)9-3-4-14-5-6-16-18(10-14)28(2)24(32)29(16)17-7-8-20(30)26-23(17)31/h5-6,10,15,17,19,21-22H,3-4,7-9,11-13,25H2,1-2H3,(H,26,30,31). The monoisotopic (exact) mass is 471 g/mol. The van der Waals surface area contributed by atoms with Gasteiger partial charge in [-0.25, -0.2) is 4.79 Å². The topological polar surface area (TPSA) is 121 Å². The van der Waals surface area contributed by atoms with Crippen LogP contribution in [0.2, 0.25) is 0 Å². The van der Waals surface area contributed by atoms with Crippen molar-refractivity contribution >= 4 is 22.8 Å². The van der Waals surface area contributed by atoms with E-state index in [1.165, 1.54) is 4.57 Å². The number of nitrogens with zero attached hydrogens (tertiary/aromatic N) is 3. The first-order valence-corrected chi connectivity index (χ1v) is 12.1. The Bertz CT molecular complexity index is 1160. The third-order valence-electron chi connectivity index (χ3n) is 7.65. The molecule has 5 rings (SSSR count). The van der Waals surface area contributed by atoms with Gasteiger partial charge in [-0.05, 0) is 57.1 Å². The zero-order chi connectivity index (χ0) is 24.0. The molecule has 1 aromatic heterocycles. The van der Waals surface area contributed by atoms with E-state index < -0.39 is 11.9 Å². The molecule has 1 aromatic carbocycles. The lowest BCUT2D eigenvalue weighted by Gasteiger charge is -2.27. The summed E-state index contributed by atoms with van der Waals surface area (Å²) in [6.07, 6.45) is 2.59. The summed E-state index contributed by atoms with van der Waals surface area (Å²) in [4.78, 5) is 39.1. The van der Waals surface area contributed by atoms with Gasteiger partial charge in [0.1, 0.15) is 12.1 Å². The second kappa shape index (κ2) is 9.26. The van der Waals surface area contributed by atoms with E-state index >= 15 is 0 Å². The van der Waals surface area contributed by atoms with Gasteiger partial charge in [-0.1, -0.05) is 6.07 Å². The maximum Gasteiger partial charge on any atom is 0.329 e. The van der Waals surface area contributed by atoms with Gasteiger partial charge in [-0.15, -0.1) is 0 Å². The summed E-state index contributed by atoms with van der Waals surface area (Å²) in [5.41, 5.74) is 8.24. The predicted octanol–water partition coefficient (Wildman–Crippen LogP) is -0.0768. The minimum atomic E-state index is -0.664. The van der Waals surface area contributed by atoms with Crippen molar-refractivity contribution in [2.75, 3.05) is 33.4 Å². The Kier molecular flexibility index (Phi) is 6.32. The molecule has 3 aliphatic rings. The average Bonchev–Trinajstić information content (AvgIpc) is 3.48. The number of carbonyl (C=O) groups is 2. The zero-order valence-corrected chi connectivity index (χ0v) is 19.7. The van der Waals surface area contributed by atoms with E-state index in [1.54, 1.807) is 11.6 Å². The van der Waals surface area contributed by atoms with Crippen molar-refractivity contribution in [2.24, 2.45) is 18.7 Å². The van der Waals surface area contributed by atoms with Crippen LogP contribution in [0.15, 0.2) is 23.0 Å². The molecule has 0 aliphatic carbocycles. The van der Waals surface area contributed by atoms with Crippen LogP contribution in [0.5, 0.6) is 0 Å². The molecule has 5 atom stereocenters. The molecule has 0 saturated carbocycles. The van der Waals surface area contributed by atoms with Crippen molar-refractivity contribution in [3.05, 3.63) is 34.2 Å². The second-order valence-corrected chi connectivity index (χ2v) is 9.74. The number of aryl methyl sites for hydroxylation is 2. The number of hydrogen-bond donors (Lipinski definition) is 2. The number of likely N-dealkylation sites (N-methyl/N-ethyl adjacent to an activating group) is 1. The molecule has 2 amide bonds. The normalized spacial score (nSPS) is 29.2. The van der Waals surface area contributed by atoms with Crippen molar-refractivity contribution in [1.82, 2.24) is 19.4 Å². The third kappa shape index (κ3) is 3.98. The number of imidazole rings is 1. The Morgan fingerprint density at radius 2 is 1.94 bits per heavy atom. The Hall–Kier alpha value is -2.53. The second-order valence-electron chi connectivity index (χ2n) is 9.74. The number of carbonyl (C=O) groups excluding carboxylic acids is 2.